The lowest BCUT2D eigenvalue weighted by atomic mass is 10.0. The van der Waals surface area contributed by atoms with E-state index >= 15 is 0 Å². The van der Waals surface area contributed by atoms with Crippen molar-refractivity contribution < 1.29 is 78.4 Å². The summed E-state index contributed by atoms with van der Waals surface area (Å²) in [5.74, 6) is 0.238. The number of amides is 1. The maximum Gasteiger partial charge on any atom is 0.335 e. The molecule has 17 rings (SSSR count). The molecule has 5 aliphatic carbocycles. The van der Waals surface area contributed by atoms with Gasteiger partial charge in [0.2, 0.25) is 0 Å². The molecule has 12 aromatic rings. The number of aromatic nitrogens is 7. The van der Waals surface area contributed by atoms with Crippen LogP contribution in [0.2, 0.25) is 45.2 Å². The molecule has 9 aromatic carbocycles. The van der Waals surface area contributed by atoms with Crippen molar-refractivity contribution in [3.63, 3.8) is 0 Å². The third kappa shape index (κ3) is 21.3. The molecular weight excluding hydrogens is 1760 g/mol. The molecule has 0 aliphatic heterocycles. The molecule has 1 amide bonds. The van der Waals surface area contributed by atoms with E-state index in [4.69, 9.17) is 158 Å². The Labute approximate surface area is 756 Å². The first-order valence-electron chi connectivity index (χ1n) is 40.9. The first-order valence-corrected chi connectivity index (χ1v) is 42.6. The number of carbonyl (C=O) groups is 4. The number of hydrogen-bond donors (Lipinski definition) is 8. The number of carboxylic acids is 3. The molecule has 9 atom stereocenters. The lowest BCUT2D eigenvalue weighted by Gasteiger charge is -2.16. The van der Waals surface area contributed by atoms with E-state index in [0.717, 1.165) is 78.3 Å². The molecule has 23 nitrogen and oxygen atoms in total. The Balaban J connectivity index is 0.000000147. The van der Waals surface area contributed by atoms with E-state index in [9.17, 15) is 19.2 Å². The van der Waals surface area contributed by atoms with E-state index in [1.54, 1.807) is 131 Å². The van der Waals surface area contributed by atoms with Crippen LogP contribution in [0.15, 0.2) is 187 Å². The van der Waals surface area contributed by atoms with Crippen molar-refractivity contribution in [1.82, 2.24) is 40.5 Å². The van der Waals surface area contributed by atoms with E-state index in [0.29, 0.717) is 124 Å². The number of aromatic carboxylic acids is 2. The van der Waals surface area contributed by atoms with Crippen LogP contribution in [0.3, 0.4) is 0 Å². The number of quaternary nitrogens is 1. The molecule has 0 bridgehead atoms. The van der Waals surface area contributed by atoms with Crippen LogP contribution in [0, 0.1) is 0 Å². The smallest absolute Gasteiger partial charge is 0.335 e. The number of carbonyl (C=O) groups excluding carboxylic acids is 1. The van der Waals surface area contributed by atoms with Gasteiger partial charge in [-0.05, 0) is 237 Å². The topological polar surface area (TPSA) is 344 Å². The molecule has 3 heterocycles. The third-order valence-electron chi connectivity index (χ3n) is 21.7. The predicted molar refractivity (Wildman–Crippen MR) is 471 cm³/mol. The molecule has 0 saturated heterocycles. The summed E-state index contributed by atoms with van der Waals surface area (Å²) in [7, 11) is 0. The average Bonchev–Trinajstić information content (AvgIpc) is 1.65. The van der Waals surface area contributed by atoms with Crippen LogP contribution >= 0.6 is 104 Å². The summed E-state index contributed by atoms with van der Waals surface area (Å²) in [4.78, 5) is 45.0. The van der Waals surface area contributed by atoms with Crippen LogP contribution in [0.1, 0.15) is 204 Å². The van der Waals surface area contributed by atoms with Gasteiger partial charge < -0.3 is 60.4 Å². The maximum absolute atomic E-state index is 12.1. The van der Waals surface area contributed by atoms with E-state index < -0.39 is 55.6 Å². The molecule has 9 unspecified atom stereocenters. The standard InChI is InChI=1S/C31H25Cl3N2O5.C28H22Cl3N3O3.C28H24Cl3N3O3.C4H11NO3/c32-24-2-1-3-25(33)28(24)29-23(30(41-36-29)17-6-7-17)15-40-19-10-11-20(26(34)12-19)22-13-21(22)16-4-8-18(9-5-16)31(39)35-14-27(37)38;29-22-2-1-3-23(30)26(22)27-25(34(33-32-27)17-8-9-17)14-37-18-10-11-19(24(31)12-18)21-13-20(21)15-4-6-16(7-5-15)28(35)36;1-15(2)34-25(27(32-33-34)26-22(29)4-3-5-23(26)30)14-37-18-10-11-19(24(31)12-18)21-13-20(21)16-6-8-17(9-7-16)28(35)36;5-4(1-6,2-7)3-8/h1-5,8-12,17,21-22H,6-7,13-15H2,(H,35,39)(H,37,38);1-7,10-12,17,20-21H,8-9,13-14H2,(H,35,36);3-12,15,20-21H,13-14H2,1-2H3,(H,35,36);6-8H,1-3,5H2/p+1/i15D;2*14D;. The highest BCUT2D eigenvalue weighted by atomic mass is 35.5. The molecule has 5 aliphatic rings. The lowest BCUT2D eigenvalue weighted by molar-refractivity contribution is -0.494. The van der Waals surface area contributed by atoms with E-state index in [-0.39, 0.29) is 84.5 Å². The van der Waals surface area contributed by atoms with Gasteiger partial charge in [0.25, 0.3) is 5.91 Å². The Hall–Kier alpha value is -9.80. The van der Waals surface area contributed by atoms with Crippen LogP contribution in [0.25, 0.3) is 33.8 Å². The summed E-state index contributed by atoms with van der Waals surface area (Å²) in [5.41, 5.74) is 13.8. The number of nitrogens with one attached hydrogen (secondary N) is 1. The van der Waals surface area contributed by atoms with Gasteiger partial charge in [-0.25, -0.2) is 19.0 Å². The van der Waals surface area contributed by atoms with Crippen molar-refractivity contribution in [2.24, 2.45) is 0 Å². The van der Waals surface area contributed by atoms with Gasteiger partial charge in [0, 0.05) is 49.3 Å². The number of aliphatic carboxylic acids is 1. The van der Waals surface area contributed by atoms with Crippen molar-refractivity contribution in [2.75, 3.05) is 26.4 Å². The molecule has 0 spiro atoms. The van der Waals surface area contributed by atoms with Crippen molar-refractivity contribution >= 4 is 128 Å². The van der Waals surface area contributed by atoms with Crippen LogP contribution in [0.4, 0.5) is 0 Å². The second-order valence-electron chi connectivity index (χ2n) is 30.9. The minimum Gasteiger partial charge on any atom is -0.489 e. The SMILES string of the molecule is [2H]C(Oc1ccc(C2CC2c2ccc(C(=O)NCC(=O)O)cc2)c(Cl)c1)c1c(-c2c(Cl)cccc2Cl)noc1C1CC1.[2H]C(Oc1ccc(C2CC2c2ccc(C(=O)O)cc2)c(Cl)c1)c1c(-c2c(Cl)cccc2Cl)nnn1C(C)C.[2H]C(Oc1ccc(C2CC2c2ccc(C(=O)O)cc2)c(Cl)c1)c1c(-c2c(Cl)cccc2Cl)nnn1C1CC1.[NH3+]C(CO)(CO)CO. The Morgan fingerprint density at radius 3 is 1.22 bits per heavy atom. The molecule has 5 fully saturated rings. The minimum atomic E-state index is -1.17. The molecule has 0 radical (unpaired) electrons. The molecule has 32 heteroatoms. The van der Waals surface area contributed by atoms with Gasteiger partial charge in [0.15, 0.2) is 5.54 Å². The molecule has 10 N–H and O–H groups in total. The predicted octanol–water partition coefficient (Wildman–Crippen LogP) is 20.6. The Morgan fingerprint density at radius 1 is 0.488 bits per heavy atom. The van der Waals surface area contributed by atoms with Crippen LogP contribution in [-0.2, 0) is 24.5 Å². The van der Waals surface area contributed by atoms with Crippen LogP contribution in [0.5, 0.6) is 17.2 Å². The average molecular weight is 1850 g/mol. The second-order valence-corrected chi connectivity index (χ2v) is 34.5. The van der Waals surface area contributed by atoms with Gasteiger partial charge in [0.1, 0.15) is 97.6 Å². The van der Waals surface area contributed by atoms with Crippen molar-refractivity contribution in [3.05, 3.63) is 300 Å². The number of aliphatic hydroxyl groups excluding tert-OH is 3. The first kappa shape index (κ1) is 85.4. The second kappa shape index (κ2) is 39.2. The fraction of sp³-hybridized carbons (Fsp3) is 0.286. The number of ether oxygens (including phenoxy) is 3. The normalized spacial score (nSPS) is 18.4. The highest BCUT2D eigenvalue weighted by Gasteiger charge is 2.44. The number of aliphatic hydroxyl groups is 3. The van der Waals surface area contributed by atoms with Gasteiger partial charge in [0.05, 0.1) is 57.0 Å². The molecule has 5 saturated carbocycles. The quantitative estimate of drug-likeness (QED) is 0.0216. The summed E-state index contributed by atoms with van der Waals surface area (Å²) in [6, 6.07) is 53.1. The first-order chi connectivity index (χ1) is 60.4. The van der Waals surface area contributed by atoms with Crippen LogP contribution < -0.4 is 25.3 Å². The van der Waals surface area contributed by atoms with Crippen molar-refractivity contribution in [3.8, 4) is 51.0 Å². The monoisotopic (exact) mass is 1840 g/mol. The van der Waals surface area contributed by atoms with Gasteiger partial charge in [-0.15, -0.1) is 10.2 Å². The highest BCUT2D eigenvalue weighted by molar-refractivity contribution is 6.40. The number of carboxylic acid groups (broad SMARTS) is 3. The Bertz CT molecular complexity index is 5730. The Morgan fingerprint density at radius 2 is 0.862 bits per heavy atom. The number of rotatable bonds is 29. The van der Waals surface area contributed by atoms with Crippen LogP contribution in [-0.4, -0.2) is 122 Å². The number of benzene rings is 9. The zero-order valence-corrected chi connectivity index (χ0v) is 72.5. The summed E-state index contributed by atoms with van der Waals surface area (Å²) in [5, 5.41) is 80.1. The number of halogens is 9. The maximum atomic E-state index is 12.1. The van der Waals surface area contributed by atoms with E-state index in [1.165, 1.54) is 0 Å². The summed E-state index contributed by atoms with van der Waals surface area (Å²) >= 11 is 58.7. The van der Waals surface area contributed by atoms with Gasteiger partial charge in [-0.2, -0.15) is 0 Å². The van der Waals surface area contributed by atoms with Gasteiger partial charge >= 0.3 is 17.9 Å². The van der Waals surface area contributed by atoms with Gasteiger partial charge in [-0.1, -0.05) is 193 Å². The summed E-state index contributed by atoms with van der Waals surface area (Å²) in [6.45, 7) is -0.862. The molecule has 123 heavy (non-hydrogen) atoms. The summed E-state index contributed by atoms with van der Waals surface area (Å²) < 4.78 is 53.8. The van der Waals surface area contributed by atoms with Crippen molar-refractivity contribution in [1.29, 1.82) is 0 Å². The fourth-order valence-corrected chi connectivity index (χ4v) is 17.0. The zero-order valence-electron chi connectivity index (χ0n) is 68.7. The minimum absolute atomic E-state index is 0.0775. The lowest BCUT2D eigenvalue weighted by Crippen LogP contribution is -2.78. The molecular formula is C91H83Cl9N9O14+. The number of hydrogen-bond acceptors (Lipinski definition) is 16. The largest absolute Gasteiger partial charge is 0.489 e. The molecule has 3 aromatic heterocycles. The Kier molecular flexibility index (Phi) is 27.2. The zero-order chi connectivity index (χ0) is 89.9. The van der Waals surface area contributed by atoms with E-state index in [2.05, 4.69) is 36.8 Å². The van der Waals surface area contributed by atoms with Crippen molar-refractivity contribution in [2.45, 2.75) is 138 Å². The summed E-state index contributed by atoms with van der Waals surface area (Å²) in [6.07, 6.45) is 6.58. The van der Waals surface area contributed by atoms with E-state index in [1.807, 2.05) is 74.5 Å². The fourth-order valence-electron chi connectivity index (χ4n) is 14.3. The third-order valence-corrected chi connectivity index (χ3v) is 24.6. The van der Waals surface area contributed by atoms with Gasteiger partial charge in [-0.3, -0.25) is 9.59 Å². The molecule has 638 valence electrons. The number of nitrogens with zero attached hydrogens (tertiary/aromatic N) is 7. The highest BCUT2D eigenvalue weighted by Crippen LogP contribution is 2.59.